The molecule has 2 aromatic rings. The van der Waals surface area contributed by atoms with Crippen LogP contribution < -0.4 is 25.5 Å². The quantitative estimate of drug-likeness (QED) is 0.688. The van der Waals surface area contributed by atoms with Crippen molar-refractivity contribution in [1.29, 1.82) is 5.26 Å². The Bertz CT molecular complexity index is 1170. The maximum Gasteiger partial charge on any atom is 0.258 e. The molecule has 8 heteroatoms. The van der Waals surface area contributed by atoms with Crippen molar-refractivity contribution >= 4 is 0 Å². The molecular weight excluding hydrogens is 422 g/mol. The highest BCUT2D eigenvalue weighted by Gasteiger charge is 2.35. The van der Waals surface area contributed by atoms with Gasteiger partial charge in [-0.15, -0.1) is 0 Å². The number of hydrogen-bond acceptors (Lipinski definition) is 7. The molecule has 1 fully saturated rings. The van der Waals surface area contributed by atoms with Crippen LogP contribution in [0.2, 0.25) is 0 Å². The number of aryl methyl sites for hydroxylation is 1. The van der Waals surface area contributed by atoms with Gasteiger partial charge < -0.3 is 29.2 Å². The smallest absolute Gasteiger partial charge is 0.258 e. The average Bonchev–Trinajstić information content (AvgIpc) is 3.30. The molecular formula is C25H29N3O5. The fraction of sp³-hybridized carbons (Fsp3) is 0.440. The minimum Gasteiger partial charge on any atom is -0.490 e. The standard InChI is InChI=1S/C25H29N3O5/c1-4-30-19-9-8-16(12-20(19)31-5-2)22-18(13-26)24(27)33-21-11-15(3)28(25(29)23(21)22)14-17-7-6-10-32-17/h8-9,11-12,17,22H,4-7,10,14,27H2,1-3H3. The van der Waals surface area contributed by atoms with Crippen LogP contribution in [0.1, 0.15) is 49.4 Å². The van der Waals surface area contributed by atoms with Crippen LogP contribution in [0.15, 0.2) is 40.5 Å². The summed E-state index contributed by atoms with van der Waals surface area (Å²) < 4.78 is 24.7. The van der Waals surface area contributed by atoms with Crippen molar-refractivity contribution in [2.24, 2.45) is 5.73 Å². The predicted molar refractivity (Wildman–Crippen MR) is 122 cm³/mol. The second kappa shape index (κ2) is 9.59. The van der Waals surface area contributed by atoms with E-state index in [1.165, 1.54) is 0 Å². The summed E-state index contributed by atoms with van der Waals surface area (Å²) in [4.78, 5) is 13.8. The Hall–Kier alpha value is -3.44. The zero-order chi connectivity index (χ0) is 23.5. The summed E-state index contributed by atoms with van der Waals surface area (Å²) in [5.74, 6) is 0.836. The van der Waals surface area contributed by atoms with Crippen molar-refractivity contribution in [2.75, 3.05) is 19.8 Å². The van der Waals surface area contributed by atoms with E-state index in [4.69, 9.17) is 24.7 Å². The number of rotatable bonds is 7. The Morgan fingerprint density at radius 2 is 1.97 bits per heavy atom. The van der Waals surface area contributed by atoms with Crippen LogP contribution in [-0.2, 0) is 11.3 Å². The van der Waals surface area contributed by atoms with E-state index in [9.17, 15) is 10.1 Å². The number of benzene rings is 1. The van der Waals surface area contributed by atoms with Crippen molar-refractivity contribution < 1.29 is 18.9 Å². The summed E-state index contributed by atoms with van der Waals surface area (Å²) >= 11 is 0. The Balaban J connectivity index is 1.87. The van der Waals surface area contributed by atoms with Crippen molar-refractivity contribution in [3.05, 3.63) is 62.9 Å². The summed E-state index contributed by atoms with van der Waals surface area (Å²) in [6.45, 7) is 7.75. The fourth-order valence-electron chi connectivity index (χ4n) is 4.49. The molecule has 0 radical (unpaired) electrons. The minimum absolute atomic E-state index is 0.00230. The summed E-state index contributed by atoms with van der Waals surface area (Å²) in [5, 5.41) is 9.92. The number of nitrogens with two attached hydrogens (primary N) is 1. The number of pyridine rings is 1. The number of nitrogens with zero attached hydrogens (tertiary/aromatic N) is 2. The Kier molecular flexibility index (Phi) is 6.61. The van der Waals surface area contributed by atoms with E-state index in [0.717, 1.165) is 18.5 Å². The van der Waals surface area contributed by atoms with Crippen molar-refractivity contribution in [1.82, 2.24) is 4.57 Å². The van der Waals surface area contributed by atoms with Crippen LogP contribution in [0.25, 0.3) is 0 Å². The number of nitriles is 1. The van der Waals surface area contributed by atoms with Gasteiger partial charge in [0, 0.05) is 18.4 Å². The zero-order valence-electron chi connectivity index (χ0n) is 19.2. The van der Waals surface area contributed by atoms with Crippen molar-refractivity contribution in [3.63, 3.8) is 0 Å². The summed E-state index contributed by atoms with van der Waals surface area (Å²) in [7, 11) is 0. The highest BCUT2D eigenvalue weighted by atomic mass is 16.5. The second-order valence-corrected chi connectivity index (χ2v) is 8.11. The van der Waals surface area contributed by atoms with Gasteiger partial charge in [0.15, 0.2) is 11.5 Å². The maximum atomic E-state index is 13.8. The molecule has 0 aliphatic carbocycles. The molecule has 2 atom stereocenters. The average molecular weight is 452 g/mol. The van der Waals surface area contributed by atoms with Crippen LogP contribution in [0.5, 0.6) is 17.2 Å². The molecule has 1 aromatic carbocycles. The number of fused-ring (bicyclic) bond motifs is 1. The van der Waals surface area contributed by atoms with E-state index < -0.39 is 5.92 Å². The number of allylic oxidation sites excluding steroid dienone is 1. The summed E-state index contributed by atoms with van der Waals surface area (Å²) in [5.41, 5.74) is 7.95. The third-order valence-corrected chi connectivity index (χ3v) is 6.00. The van der Waals surface area contributed by atoms with E-state index in [1.54, 1.807) is 16.7 Å². The van der Waals surface area contributed by atoms with Crippen LogP contribution in [0.3, 0.4) is 0 Å². The van der Waals surface area contributed by atoms with Crippen molar-refractivity contribution in [2.45, 2.75) is 52.2 Å². The van der Waals surface area contributed by atoms with Crippen LogP contribution >= 0.6 is 0 Å². The van der Waals surface area contributed by atoms with Gasteiger partial charge in [-0.1, -0.05) is 6.07 Å². The lowest BCUT2D eigenvalue weighted by atomic mass is 9.83. The molecule has 1 aromatic heterocycles. The molecule has 2 unspecified atom stereocenters. The monoisotopic (exact) mass is 451 g/mol. The molecule has 2 aliphatic heterocycles. The first-order chi connectivity index (χ1) is 16.0. The normalized spacial score (nSPS) is 19.6. The Labute approximate surface area is 193 Å². The fourth-order valence-corrected chi connectivity index (χ4v) is 4.49. The van der Waals surface area contributed by atoms with Gasteiger partial charge in [0.05, 0.1) is 37.3 Å². The molecule has 0 spiro atoms. The van der Waals surface area contributed by atoms with E-state index in [-0.39, 0.29) is 23.1 Å². The largest absolute Gasteiger partial charge is 0.490 e. The van der Waals surface area contributed by atoms with E-state index in [1.807, 2.05) is 32.9 Å². The van der Waals surface area contributed by atoms with Gasteiger partial charge in [0.25, 0.3) is 5.56 Å². The van der Waals surface area contributed by atoms with Crippen molar-refractivity contribution in [3.8, 4) is 23.3 Å². The van der Waals surface area contributed by atoms with E-state index >= 15 is 0 Å². The lowest BCUT2D eigenvalue weighted by molar-refractivity contribution is 0.0955. The molecule has 0 bridgehead atoms. The number of hydrogen-bond donors (Lipinski definition) is 1. The lowest BCUT2D eigenvalue weighted by Crippen LogP contribution is -2.35. The van der Waals surface area contributed by atoms with Gasteiger partial charge in [-0.05, 0) is 51.3 Å². The number of aromatic nitrogens is 1. The first-order valence-electron chi connectivity index (χ1n) is 11.3. The highest BCUT2D eigenvalue weighted by molar-refractivity contribution is 5.57. The Morgan fingerprint density at radius 3 is 2.64 bits per heavy atom. The summed E-state index contributed by atoms with van der Waals surface area (Å²) in [6, 6.07) is 9.39. The topological polar surface area (TPSA) is 109 Å². The first-order valence-corrected chi connectivity index (χ1v) is 11.3. The van der Waals surface area contributed by atoms with E-state index in [2.05, 4.69) is 6.07 Å². The second-order valence-electron chi connectivity index (χ2n) is 8.11. The minimum atomic E-state index is -0.683. The molecule has 4 rings (SSSR count). The molecule has 174 valence electrons. The lowest BCUT2D eigenvalue weighted by Gasteiger charge is -2.28. The van der Waals surface area contributed by atoms with Gasteiger partial charge in [0.1, 0.15) is 17.4 Å². The van der Waals surface area contributed by atoms with Crippen LogP contribution in [-0.4, -0.2) is 30.5 Å². The molecule has 1 saturated heterocycles. The summed E-state index contributed by atoms with van der Waals surface area (Å²) in [6.07, 6.45) is 1.89. The SMILES string of the molecule is CCOc1ccc(C2C(C#N)=C(N)Oc3cc(C)n(CC4CCCO4)c(=O)c32)cc1OCC. The molecule has 8 nitrogen and oxygen atoms in total. The molecule has 2 aliphatic rings. The maximum absolute atomic E-state index is 13.8. The zero-order valence-corrected chi connectivity index (χ0v) is 19.2. The number of ether oxygens (including phenoxy) is 4. The third kappa shape index (κ3) is 4.29. The first kappa shape index (κ1) is 22.7. The van der Waals surface area contributed by atoms with Gasteiger partial charge in [-0.3, -0.25) is 4.79 Å². The van der Waals surface area contributed by atoms with Crippen LogP contribution in [0.4, 0.5) is 0 Å². The Morgan fingerprint density at radius 1 is 1.21 bits per heavy atom. The van der Waals surface area contributed by atoms with E-state index in [0.29, 0.717) is 54.7 Å². The molecule has 0 amide bonds. The van der Waals surface area contributed by atoms with Gasteiger partial charge in [-0.25, -0.2) is 0 Å². The van der Waals surface area contributed by atoms with Gasteiger partial charge >= 0.3 is 0 Å². The molecule has 33 heavy (non-hydrogen) atoms. The third-order valence-electron chi connectivity index (χ3n) is 6.00. The van der Waals surface area contributed by atoms with Gasteiger partial charge in [-0.2, -0.15) is 5.26 Å². The van der Waals surface area contributed by atoms with Crippen LogP contribution in [0, 0.1) is 18.3 Å². The predicted octanol–water partition coefficient (Wildman–Crippen LogP) is 3.35. The molecule has 3 heterocycles. The van der Waals surface area contributed by atoms with Gasteiger partial charge in [0.2, 0.25) is 5.88 Å². The highest BCUT2D eigenvalue weighted by Crippen LogP contribution is 2.43. The molecule has 0 saturated carbocycles. The molecule has 2 N–H and O–H groups in total.